The van der Waals surface area contributed by atoms with E-state index in [1.807, 2.05) is 49.0 Å². The fraction of sp³-hybridized carbons (Fsp3) is 0.143. The normalized spacial score (nSPS) is 11.3. The van der Waals surface area contributed by atoms with E-state index in [0.717, 1.165) is 16.7 Å². The van der Waals surface area contributed by atoms with Crippen LogP contribution in [0, 0.1) is 0 Å². The smallest absolute Gasteiger partial charge is 0.256 e. The Balaban J connectivity index is 2.07. The fourth-order valence-electron chi connectivity index (χ4n) is 2.40. The molecule has 21 heavy (non-hydrogen) atoms. The summed E-state index contributed by atoms with van der Waals surface area (Å²) in [5.41, 5.74) is 2.60. The van der Waals surface area contributed by atoms with E-state index in [4.69, 9.17) is 0 Å². The van der Waals surface area contributed by atoms with Gasteiger partial charge >= 0.3 is 0 Å². The van der Waals surface area contributed by atoms with Gasteiger partial charge in [0, 0.05) is 19.7 Å². The molecule has 0 fully saturated rings. The maximum Gasteiger partial charge on any atom is 0.256 e. The Morgan fingerprint density at radius 1 is 1.10 bits per heavy atom. The number of aryl methyl sites for hydroxylation is 1. The van der Waals surface area contributed by atoms with Gasteiger partial charge in [-0.05, 0) is 0 Å². The molecule has 3 heterocycles. The standard InChI is InChI=1S/C14H13N7/c1-15-12-10-13(20(2)8-16-10)21-14(18-12)17-11(19-21)9-6-4-3-5-7-9/h3-8H,1-2H3,(H,15,17,18,19). The predicted octanol–water partition coefficient (Wildman–Crippen LogP) is 1.72. The lowest BCUT2D eigenvalue weighted by molar-refractivity contribution is 0.876. The van der Waals surface area contributed by atoms with Crippen molar-refractivity contribution in [1.29, 1.82) is 0 Å². The number of imidazole rings is 1. The van der Waals surface area contributed by atoms with E-state index in [0.29, 0.717) is 17.4 Å². The molecule has 0 radical (unpaired) electrons. The number of anilines is 1. The van der Waals surface area contributed by atoms with E-state index >= 15 is 0 Å². The lowest BCUT2D eigenvalue weighted by atomic mass is 10.2. The van der Waals surface area contributed by atoms with Crippen LogP contribution in [0.25, 0.3) is 28.3 Å². The number of nitrogens with one attached hydrogen (secondary N) is 1. The van der Waals surface area contributed by atoms with Crippen LogP contribution < -0.4 is 5.32 Å². The molecule has 4 rings (SSSR count). The van der Waals surface area contributed by atoms with Gasteiger partial charge < -0.3 is 9.88 Å². The molecule has 0 bridgehead atoms. The molecule has 1 N–H and O–H groups in total. The van der Waals surface area contributed by atoms with E-state index in [1.165, 1.54) is 0 Å². The molecule has 7 heteroatoms. The van der Waals surface area contributed by atoms with Crippen LogP contribution in [-0.2, 0) is 7.05 Å². The minimum Gasteiger partial charge on any atom is -0.371 e. The van der Waals surface area contributed by atoms with E-state index < -0.39 is 0 Å². The molecule has 0 saturated carbocycles. The van der Waals surface area contributed by atoms with Crippen LogP contribution in [0.2, 0.25) is 0 Å². The lowest BCUT2D eigenvalue weighted by Crippen LogP contribution is -2.02. The van der Waals surface area contributed by atoms with Crippen molar-refractivity contribution in [2.24, 2.45) is 7.05 Å². The average Bonchev–Trinajstić information content (AvgIpc) is 3.11. The summed E-state index contributed by atoms with van der Waals surface area (Å²) < 4.78 is 3.64. The third-order valence-corrected chi connectivity index (χ3v) is 3.40. The van der Waals surface area contributed by atoms with Gasteiger partial charge in [-0.1, -0.05) is 30.3 Å². The first kappa shape index (κ1) is 11.8. The summed E-state index contributed by atoms with van der Waals surface area (Å²) in [5.74, 6) is 1.90. The zero-order chi connectivity index (χ0) is 14.4. The van der Waals surface area contributed by atoms with Gasteiger partial charge in [-0.3, -0.25) is 0 Å². The van der Waals surface area contributed by atoms with Gasteiger partial charge in [0.15, 0.2) is 22.8 Å². The zero-order valence-electron chi connectivity index (χ0n) is 11.6. The second-order valence-corrected chi connectivity index (χ2v) is 4.75. The molecule has 3 aromatic heterocycles. The summed E-state index contributed by atoms with van der Waals surface area (Å²) in [4.78, 5) is 13.4. The zero-order valence-corrected chi connectivity index (χ0v) is 11.6. The van der Waals surface area contributed by atoms with Gasteiger partial charge in [0.25, 0.3) is 5.78 Å². The van der Waals surface area contributed by atoms with E-state index in [2.05, 4.69) is 25.4 Å². The van der Waals surface area contributed by atoms with Crippen LogP contribution in [0.4, 0.5) is 5.82 Å². The summed E-state index contributed by atoms with van der Waals surface area (Å²) in [6.45, 7) is 0. The number of nitrogens with zero attached hydrogens (tertiary/aromatic N) is 6. The van der Waals surface area contributed by atoms with Crippen molar-refractivity contribution in [3.05, 3.63) is 36.7 Å². The maximum atomic E-state index is 4.57. The molecule has 0 atom stereocenters. The Kier molecular flexibility index (Phi) is 2.41. The van der Waals surface area contributed by atoms with Crippen LogP contribution in [0.5, 0.6) is 0 Å². The molecule has 1 aromatic carbocycles. The summed E-state index contributed by atoms with van der Waals surface area (Å²) in [6.07, 6.45) is 1.75. The van der Waals surface area contributed by atoms with Crippen molar-refractivity contribution in [3.8, 4) is 11.4 Å². The average molecular weight is 279 g/mol. The van der Waals surface area contributed by atoms with Crippen LogP contribution >= 0.6 is 0 Å². The van der Waals surface area contributed by atoms with Crippen molar-refractivity contribution in [3.63, 3.8) is 0 Å². The quantitative estimate of drug-likeness (QED) is 0.605. The molecular formula is C14H13N7. The first-order chi connectivity index (χ1) is 10.3. The molecule has 7 nitrogen and oxygen atoms in total. The molecule has 0 unspecified atom stereocenters. The second-order valence-electron chi connectivity index (χ2n) is 4.75. The van der Waals surface area contributed by atoms with Crippen molar-refractivity contribution >= 4 is 22.8 Å². The van der Waals surface area contributed by atoms with E-state index in [1.54, 1.807) is 10.8 Å². The van der Waals surface area contributed by atoms with Gasteiger partial charge in [0.2, 0.25) is 0 Å². The number of hydrogen-bond acceptors (Lipinski definition) is 5. The number of hydrogen-bond donors (Lipinski definition) is 1. The second kappa shape index (κ2) is 4.27. The molecule has 0 saturated heterocycles. The molecule has 0 aliphatic carbocycles. The Hall–Kier alpha value is -2.96. The van der Waals surface area contributed by atoms with Gasteiger partial charge in [0.05, 0.1) is 6.33 Å². The first-order valence-corrected chi connectivity index (χ1v) is 6.59. The third-order valence-electron chi connectivity index (χ3n) is 3.40. The Morgan fingerprint density at radius 2 is 1.90 bits per heavy atom. The predicted molar refractivity (Wildman–Crippen MR) is 80.0 cm³/mol. The van der Waals surface area contributed by atoms with E-state index in [-0.39, 0.29) is 0 Å². The highest BCUT2D eigenvalue weighted by Crippen LogP contribution is 2.22. The van der Waals surface area contributed by atoms with Gasteiger partial charge in [-0.2, -0.15) is 14.5 Å². The fourth-order valence-corrected chi connectivity index (χ4v) is 2.40. The minimum absolute atomic E-state index is 0.550. The third kappa shape index (κ3) is 1.67. The highest BCUT2D eigenvalue weighted by molar-refractivity contribution is 5.85. The van der Waals surface area contributed by atoms with Gasteiger partial charge in [0.1, 0.15) is 0 Å². The number of benzene rings is 1. The van der Waals surface area contributed by atoms with Crippen molar-refractivity contribution in [1.82, 2.24) is 29.1 Å². The van der Waals surface area contributed by atoms with Crippen LogP contribution in [-0.4, -0.2) is 36.2 Å². The molecule has 0 aliphatic heterocycles. The molecular weight excluding hydrogens is 266 g/mol. The maximum absolute atomic E-state index is 4.57. The summed E-state index contributed by atoms with van der Waals surface area (Å²) in [5, 5.41) is 7.63. The molecule has 0 aliphatic rings. The number of rotatable bonds is 2. The van der Waals surface area contributed by atoms with Crippen LogP contribution in [0.1, 0.15) is 0 Å². The molecule has 0 spiro atoms. The Labute approximate surface area is 120 Å². The number of aromatic nitrogens is 6. The van der Waals surface area contributed by atoms with Crippen LogP contribution in [0.3, 0.4) is 0 Å². The van der Waals surface area contributed by atoms with Crippen molar-refractivity contribution in [2.45, 2.75) is 0 Å². The minimum atomic E-state index is 0.550. The van der Waals surface area contributed by atoms with Crippen molar-refractivity contribution in [2.75, 3.05) is 12.4 Å². The first-order valence-electron chi connectivity index (χ1n) is 6.59. The molecule has 0 amide bonds. The lowest BCUT2D eigenvalue weighted by Gasteiger charge is -2.02. The van der Waals surface area contributed by atoms with Crippen LogP contribution in [0.15, 0.2) is 36.7 Å². The molecule has 4 aromatic rings. The summed E-state index contributed by atoms with van der Waals surface area (Å²) in [6, 6.07) is 9.86. The Morgan fingerprint density at radius 3 is 2.67 bits per heavy atom. The van der Waals surface area contributed by atoms with Crippen molar-refractivity contribution < 1.29 is 0 Å². The highest BCUT2D eigenvalue weighted by Gasteiger charge is 2.16. The monoisotopic (exact) mass is 279 g/mol. The highest BCUT2D eigenvalue weighted by atomic mass is 15.4. The SMILES string of the molecule is CNc1nc2nc(-c3ccccc3)nn2c2c1ncn2C. The van der Waals surface area contributed by atoms with Gasteiger partial charge in [-0.15, -0.1) is 5.10 Å². The van der Waals surface area contributed by atoms with E-state index in [9.17, 15) is 0 Å². The van der Waals surface area contributed by atoms with Gasteiger partial charge in [-0.25, -0.2) is 4.98 Å². The Bertz CT molecular complexity index is 936. The molecule has 104 valence electrons. The summed E-state index contributed by atoms with van der Waals surface area (Å²) in [7, 11) is 3.75. The topological polar surface area (TPSA) is 72.9 Å². The number of fused-ring (bicyclic) bond motifs is 3. The summed E-state index contributed by atoms with van der Waals surface area (Å²) >= 11 is 0. The largest absolute Gasteiger partial charge is 0.371 e.